The van der Waals surface area contributed by atoms with E-state index in [1.807, 2.05) is 4.98 Å². The average Bonchev–Trinajstić information content (AvgIpc) is 3.60. The Bertz CT molecular complexity index is 2550. The maximum atomic E-state index is 13.8. The van der Waals surface area contributed by atoms with Crippen LogP contribution in [0.25, 0.3) is 0 Å². The second-order valence-corrected chi connectivity index (χ2v) is 14.8. The van der Waals surface area contributed by atoms with Crippen molar-refractivity contribution in [3.8, 4) is 0 Å². The van der Waals surface area contributed by atoms with Crippen molar-refractivity contribution in [2.45, 2.75) is 55.2 Å². The van der Waals surface area contributed by atoms with Gasteiger partial charge in [0.1, 0.15) is 43.3 Å². The maximum absolute atomic E-state index is 13.8. The van der Waals surface area contributed by atoms with Crippen molar-refractivity contribution in [3.63, 3.8) is 0 Å². The van der Waals surface area contributed by atoms with Crippen molar-refractivity contribution < 1.29 is 71.5 Å². The minimum absolute atomic E-state index is 0.0265. The van der Waals surface area contributed by atoms with E-state index in [9.17, 15) is 43.8 Å². The van der Waals surface area contributed by atoms with Gasteiger partial charge in [0.15, 0.2) is 18.4 Å². The Hall–Kier alpha value is -7.14. The van der Waals surface area contributed by atoms with Crippen molar-refractivity contribution in [2.24, 2.45) is 0 Å². The van der Waals surface area contributed by atoms with Crippen molar-refractivity contribution in [3.05, 3.63) is 177 Å². The second kappa shape index (κ2) is 21.5. The maximum Gasteiger partial charge on any atom is 0.421 e. The lowest BCUT2D eigenvalue weighted by Gasteiger charge is -2.43. The van der Waals surface area contributed by atoms with E-state index in [0.29, 0.717) is 0 Å². The lowest BCUT2D eigenvalue weighted by Crippen LogP contribution is -2.63. The van der Waals surface area contributed by atoms with Crippen LogP contribution < -0.4 is 16.0 Å². The van der Waals surface area contributed by atoms with Crippen LogP contribution in [0.1, 0.15) is 47.7 Å². The van der Waals surface area contributed by atoms with E-state index in [4.69, 9.17) is 37.3 Å². The summed E-state index contributed by atoms with van der Waals surface area (Å²) >= 11 is 0.281. The summed E-state index contributed by atoms with van der Waals surface area (Å²) in [5.41, 5.74) is -1.31. The summed E-state index contributed by atoms with van der Waals surface area (Å²) in [7, 11) is 0. The Morgan fingerprint density at radius 1 is 0.585 bits per heavy atom. The smallest absolute Gasteiger partial charge is 0.421 e. The van der Waals surface area contributed by atoms with Gasteiger partial charge >= 0.3 is 35.7 Å². The molecule has 1 amide bonds. The number of aromatic nitrogens is 2. The van der Waals surface area contributed by atoms with E-state index in [2.05, 4.69) is 4.72 Å². The van der Waals surface area contributed by atoms with Gasteiger partial charge in [-0.2, -0.15) is 0 Å². The van der Waals surface area contributed by atoms with Crippen LogP contribution in [0.15, 0.2) is 143 Å². The molecule has 0 spiro atoms. The number of aliphatic hydroxyl groups is 2. The summed E-state index contributed by atoms with van der Waals surface area (Å²) in [6.45, 7) is -1.16. The minimum Gasteiger partial charge on any atom is -0.459 e. The molecule has 4 aromatic carbocycles. The van der Waals surface area contributed by atoms with Gasteiger partial charge < -0.3 is 43.4 Å². The number of benzene rings is 4. The largest absolute Gasteiger partial charge is 0.459 e. The van der Waals surface area contributed by atoms with Gasteiger partial charge in [-0.05, 0) is 48.5 Å². The first kappa shape index (κ1) is 45.9. The van der Waals surface area contributed by atoms with Gasteiger partial charge in [0, 0.05) is 12.3 Å². The van der Waals surface area contributed by atoms with E-state index >= 15 is 0 Å². The number of aliphatic hydroxyl groups excluding tert-OH is 2. The predicted octanol–water partition coefficient (Wildman–Crippen LogP) is 2.72. The van der Waals surface area contributed by atoms with E-state index in [-0.39, 0.29) is 34.5 Å². The molecule has 2 fully saturated rings. The molecule has 0 bridgehead atoms. The molecular formula is C44H39N3O17S. The molecule has 65 heavy (non-hydrogen) atoms. The molecule has 2 aliphatic heterocycles. The molecule has 4 N–H and O–H groups in total. The molecule has 1 aromatic heterocycles. The monoisotopic (exact) mass is 913 g/mol. The number of hydrogen-bond acceptors (Lipinski definition) is 18. The highest BCUT2D eigenvalue weighted by atomic mass is 32.2. The summed E-state index contributed by atoms with van der Waals surface area (Å²) in [4.78, 5) is 93.7. The van der Waals surface area contributed by atoms with Crippen molar-refractivity contribution in [1.82, 2.24) is 14.3 Å². The number of amides is 1. The lowest BCUT2D eigenvalue weighted by molar-refractivity contribution is -0.282. The Labute approximate surface area is 372 Å². The van der Waals surface area contributed by atoms with E-state index in [1.54, 1.807) is 72.8 Å². The SMILES string of the molecule is O=C(NSOC[C@H]1OC(n2ccc(=O)[nH]c2=O)[C@H](O)[C@@H]1O)O[C@H]1O[C@H](COC(=O)c2ccccc2)[C@@H](OC(=O)c2ccccc2)[C@H](OC(=O)c2ccccc2)[C@H]1OC(=O)c1ccccc1. The van der Waals surface area contributed by atoms with Crippen molar-refractivity contribution in [1.29, 1.82) is 0 Å². The van der Waals surface area contributed by atoms with Crippen LogP contribution in [-0.2, 0) is 37.3 Å². The number of nitrogens with one attached hydrogen (secondary N) is 2. The summed E-state index contributed by atoms with van der Waals surface area (Å²) < 4.78 is 49.3. The van der Waals surface area contributed by atoms with Crippen LogP contribution in [-0.4, -0.2) is 112 Å². The highest BCUT2D eigenvalue weighted by Gasteiger charge is 2.55. The van der Waals surface area contributed by atoms with Crippen LogP contribution in [0.4, 0.5) is 4.79 Å². The summed E-state index contributed by atoms with van der Waals surface area (Å²) in [5, 5.41) is 21.2. The highest BCUT2D eigenvalue weighted by Crippen LogP contribution is 2.33. The van der Waals surface area contributed by atoms with Crippen LogP contribution in [0.3, 0.4) is 0 Å². The number of rotatable bonds is 15. The standard InChI is InChI=1S/C44H39N3O17S/c48-31-21-22-47(43(55)45-31)37-33(50)32(49)29(59-37)24-58-65-46-44(56)64-42-36(63-41(54)28-19-11-4-12-20-28)35(62-40(53)27-17-9-3-10-18-27)34(61-39(52)26-15-7-2-8-16-26)30(60-42)23-57-38(51)25-13-5-1-6-14-25/h1-22,29-30,32-37,42,49-50H,23-24H2,(H,46,56)(H,45,48,55)/t29-,30-,32-,33-,34-,35+,36-,37?,42-/m1/s1. The number of H-pyrrole nitrogens is 1. The first-order valence-corrected chi connectivity index (χ1v) is 20.4. The number of hydrogen-bond donors (Lipinski definition) is 4. The van der Waals surface area contributed by atoms with Crippen LogP contribution in [0.2, 0.25) is 0 Å². The van der Waals surface area contributed by atoms with Crippen molar-refractivity contribution in [2.75, 3.05) is 13.2 Å². The quantitative estimate of drug-likeness (QED) is 0.0387. The minimum atomic E-state index is -1.98. The van der Waals surface area contributed by atoms with Crippen LogP contribution in [0.5, 0.6) is 0 Å². The third kappa shape index (κ3) is 11.5. The zero-order chi connectivity index (χ0) is 45.9. The Morgan fingerprint density at radius 3 is 1.60 bits per heavy atom. The van der Waals surface area contributed by atoms with Gasteiger partial charge in [-0.3, -0.25) is 18.5 Å². The number of carbonyl (C=O) groups excluding carboxylic acids is 5. The topological polar surface area (TPSA) is 267 Å². The van der Waals surface area contributed by atoms with Gasteiger partial charge in [-0.15, -0.1) is 0 Å². The molecule has 0 radical (unpaired) electrons. The first-order valence-electron chi connectivity index (χ1n) is 19.7. The van der Waals surface area contributed by atoms with E-state index in [1.165, 1.54) is 48.5 Å². The second-order valence-electron chi connectivity index (χ2n) is 14.2. The molecule has 2 saturated heterocycles. The van der Waals surface area contributed by atoms with Crippen LogP contribution >= 0.6 is 12.2 Å². The zero-order valence-electron chi connectivity index (χ0n) is 33.7. The molecule has 5 aromatic rings. The number of esters is 4. The molecule has 1 unspecified atom stereocenters. The predicted molar refractivity (Wildman–Crippen MR) is 223 cm³/mol. The molecule has 21 heteroatoms. The molecule has 0 aliphatic carbocycles. The molecule has 9 atom stereocenters. The van der Waals surface area contributed by atoms with Gasteiger partial charge in [0.05, 0.1) is 28.9 Å². The fraction of sp³-hybridized carbons (Fsp3) is 0.250. The Morgan fingerprint density at radius 2 is 1.08 bits per heavy atom. The number of nitrogens with zero attached hydrogens (tertiary/aromatic N) is 1. The average molecular weight is 914 g/mol. The summed E-state index contributed by atoms with van der Waals surface area (Å²) in [6, 6.07) is 31.9. The molecular weight excluding hydrogens is 875 g/mol. The third-order valence-electron chi connectivity index (χ3n) is 9.84. The highest BCUT2D eigenvalue weighted by molar-refractivity contribution is 7.93. The van der Waals surface area contributed by atoms with Crippen molar-refractivity contribution >= 4 is 42.2 Å². The van der Waals surface area contributed by atoms with Gasteiger partial charge in [0.25, 0.3) is 5.56 Å². The molecule has 338 valence electrons. The van der Waals surface area contributed by atoms with Gasteiger partial charge in [-0.1, -0.05) is 72.8 Å². The van der Waals surface area contributed by atoms with Crippen LogP contribution in [0, 0.1) is 0 Å². The number of ether oxygens (including phenoxy) is 7. The summed E-state index contributed by atoms with van der Waals surface area (Å²) in [6.07, 6.45) is -15.0. The Kier molecular flexibility index (Phi) is 15.2. The number of carbonyl (C=O) groups is 5. The molecule has 2 aliphatic rings. The van der Waals surface area contributed by atoms with Gasteiger partial charge in [0.2, 0.25) is 12.4 Å². The van der Waals surface area contributed by atoms with E-state index in [0.717, 1.165) is 16.8 Å². The molecule has 7 rings (SSSR count). The normalized spacial score (nSPS) is 23.6. The molecule has 20 nitrogen and oxygen atoms in total. The number of aromatic amines is 1. The lowest BCUT2D eigenvalue weighted by atomic mass is 9.97. The summed E-state index contributed by atoms with van der Waals surface area (Å²) in [5.74, 6) is -3.71. The van der Waals surface area contributed by atoms with Gasteiger partial charge in [-0.25, -0.2) is 33.5 Å². The fourth-order valence-electron chi connectivity index (χ4n) is 6.64. The zero-order valence-corrected chi connectivity index (χ0v) is 34.5. The Balaban J connectivity index is 1.14. The molecule has 0 saturated carbocycles. The fourth-order valence-corrected chi connectivity index (χ4v) is 7.02. The molecule has 3 heterocycles. The third-order valence-corrected chi connectivity index (χ3v) is 10.3. The first-order chi connectivity index (χ1) is 31.5. The van der Waals surface area contributed by atoms with E-state index < -0.39 is 110 Å².